The van der Waals surface area contributed by atoms with Crippen molar-refractivity contribution in [2.24, 2.45) is 5.41 Å². The van der Waals surface area contributed by atoms with E-state index in [0.717, 1.165) is 64.3 Å². The van der Waals surface area contributed by atoms with E-state index >= 15 is 0 Å². The molecule has 1 unspecified atom stereocenters. The number of carbonyl (C=O) groups is 2. The van der Waals surface area contributed by atoms with E-state index in [9.17, 15) is 9.59 Å². The van der Waals surface area contributed by atoms with Crippen LogP contribution < -0.4 is 0 Å². The Bertz CT molecular complexity index is 740. The van der Waals surface area contributed by atoms with E-state index in [1.807, 2.05) is 33.9 Å². The van der Waals surface area contributed by atoms with Crippen LogP contribution in [0.15, 0.2) is 24.5 Å². The van der Waals surface area contributed by atoms with Gasteiger partial charge in [-0.3, -0.25) is 24.4 Å². The Balaban J connectivity index is 1.25. The molecule has 4 heterocycles. The zero-order chi connectivity index (χ0) is 21.0. The molecule has 3 aliphatic heterocycles. The zero-order valence-electron chi connectivity index (χ0n) is 18.0. The number of aromatic nitrogens is 1. The quantitative estimate of drug-likeness (QED) is 0.638. The molecule has 1 aromatic rings. The molecule has 1 atom stereocenters. The van der Waals surface area contributed by atoms with Gasteiger partial charge in [0.05, 0.1) is 25.2 Å². The van der Waals surface area contributed by atoms with Crippen molar-refractivity contribution in [1.29, 1.82) is 0 Å². The number of pyridine rings is 1. The molecule has 3 saturated heterocycles. The molecule has 0 saturated carbocycles. The highest BCUT2D eigenvalue weighted by atomic mass is 16.5. The number of ether oxygens (including phenoxy) is 1. The molecular formula is C22H33N5O3. The van der Waals surface area contributed by atoms with Crippen LogP contribution in [0.2, 0.25) is 0 Å². The van der Waals surface area contributed by atoms with Gasteiger partial charge in [-0.2, -0.15) is 0 Å². The fourth-order valence-corrected chi connectivity index (χ4v) is 4.84. The lowest BCUT2D eigenvalue weighted by atomic mass is 9.85. The van der Waals surface area contributed by atoms with Gasteiger partial charge in [-0.05, 0) is 37.6 Å². The minimum Gasteiger partial charge on any atom is -0.379 e. The first kappa shape index (κ1) is 21.2. The summed E-state index contributed by atoms with van der Waals surface area (Å²) in [6.45, 7) is 8.30. The summed E-state index contributed by atoms with van der Waals surface area (Å²) >= 11 is 0. The topological polar surface area (TPSA) is 69.2 Å². The predicted octanol–water partition coefficient (Wildman–Crippen LogP) is 0.297. The average Bonchev–Trinajstić information content (AvgIpc) is 3.33. The Kier molecular flexibility index (Phi) is 6.65. The minimum atomic E-state index is -0.357. The SMILES string of the molecule is CN(CC(=O)N1CCC2(CCN(CCN3CCOCC3)C2=O)C1)Cc1ccncc1. The number of carbonyl (C=O) groups excluding carboxylic acids is 2. The largest absolute Gasteiger partial charge is 0.379 e. The maximum Gasteiger partial charge on any atom is 0.236 e. The predicted molar refractivity (Wildman–Crippen MR) is 113 cm³/mol. The number of amides is 2. The molecule has 2 amide bonds. The number of rotatable bonds is 7. The highest BCUT2D eigenvalue weighted by Gasteiger charge is 2.51. The Morgan fingerprint density at radius 1 is 1.13 bits per heavy atom. The fourth-order valence-electron chi connectivity index (χ4n) is 4.84. The molecule has 0 radical (unpaired) electrons. The average molecular weight is 416 g/mol. The lowest BCUT2D eigenvalue weighted by molar-refractivity contribution is -0.136. The molecule has 0 aromatic carbocycles. The summed E-state index contributed by atoms with van der Waals surface area (Å²) in [6.07, 6.45) is 5.20. The molecule has 8 heteroatoms. The van der Waals surface area contributed by atoms with Crippen molar-refractivity contribution in [2.75, 3.05) is 72.6 Å². The van der Waals surface area contributed by atoms with E-state index in [1.165, 1.54) is 0 Å². The molecule has 3 aliphatic rings. The van der Waals surface area contributed by atoms with Gasteiger partial charge in [0.15, 0.2) is 0 Å². The summed E-state index contributed by atoms with van der Waals surface area (Å²) < 4.78 is 5.40. The monoisotopic (exact) mass is 415 g/mol. The minimum absolute atomic E-state index is 0.114. The molecule has 0 N–H and O–H groups in total. The summed E-state index contributed by atoms with van der Waals surface area (Å²) in [7, 11) is 1.96. The van der Waals surface area contributed by atoms with Crippen LogP contribution in [0, 0.1) is 5.41 Å². The first-order valence-electron chi connectivity index (χ1n) is 11.0. The number of morpholine rings is 1. The number of nitrogens with zero attached hydrogens (tertiary/aromatic N) is 5. The normalized spacial score (nSPS) is 25.1. The van der Waals surface area contributed by atoms with Gasteiger partial charge in [0, 0.05) is 64.8 Å². The van der Waals surface area contributed by atoms with Gasteiger partial charge in [-0.15, -0.1) is 0 Å². The van der Waals surface area contributed by atoms with Crippen molar-refractivity contribution < 1.29 is 14.3 Å². The van der Waals surface area contributed by atoms with Crippen molar-refractivity contribution >= 4 is 11.8 Å². The second-order valence-corrected chi connectivity index (χ2v) is 8.87. The lowest BCUT2D eigenvalue weighted by Crippen LogP contribution is -2.44. The Morgan fingerprint density at radius 3 is 2.63 bits per heavy atom. The molecule has 0 bridgehead atoms. The second-order valence-electron chi connectivity index (χ2n) is 8.87. The van der Waals surface area contributed by atoms with E-state index < -0.39 is 0 Å². The maximum atomic E-state index is 13.2. The van der Waals surface area contributed by atoms with Gasteiger partial charge in [-0.1, -0.05) is 0 Å². The molecule has 4 rings (SSSR count). The summed E-state index contributed by atoms with van der Waals surface area (Å²) in [5.74, 6) is 0.360. The van der Waals surface area contributed by atoms with Crippen molar-refractivity contribution in [3.63, 3.8) is 0 Å². The summed E-state index contributed by atoms with van der Waals surface area (Å²) in [5, 5.41) is 0. The van der Waals surface area contributed by atoms with Gasteiger partial charge in [0.2, 0.25) is 11.8 Å². The standard InChI is InChI=1S/C22H33N5O3/c1-24(16-19-2-6-23-7-3-19)17-20(28)27-9-5-22(18-27)4-8-26(21(22)29)11-10-25-12-14-30-15-13-25/h2-3,6-7H,4-5,8-18H2,1H3. The van der Waals surface area contributed by atoms with Crippen LogP contribution in [-0.4, -0.2) is 109 Å². The summed E-state index contributed by atoms with van der Waals surface area (Å²) in [4.78, 5) is 38.3. The van der Waals surface area contributed by atoms with Gasteiger partial charge in [0.25, 0.3) is 0 Å². The third kappa shape index (κ3) is 4.82. The van der Waals surface area contributed by atoms with E-state index in [4.69, 9.17) is 4.74 Å². The van der Waals surface area contributed by atoms with Crippen LogP contribution in [0.5, 0.6) is 0 Å². The van der Waals surface area contributed by atoms with E-state index in [2.05, 4.69) is 9.88 Å². The maximum absolute atomic E-state index is 13.2. The van der Waals surface area contributed by atoms with Gasteiger partial charge >= 0.3 is 0 Å². The lowest BCUT2D eigenvalue weighted by Gasteiger charge is -2.29. The number of likely N-dealkylation sites (tertiary alicyclic amines) is 2. The first-order chi connectivity index (χ1) is 14.6. The van der Waals surface area contributed by atoms with Gasteiger partial charge in [-0.25, -0.2) is 0 Å². The number of hydrogen-bond acceptors (Lipinski definition) is 6. The van der Waals surface area contributed by atoms with Crippen LogP contribution in [0.25, 0.3) is 0 Å². The third-order valence-electron chi connectivity index (χ3n) is 6.70. The van der Waals surface area contributed by atoms with Crippen LogP contribution in [0.4, 0.5) is 0 Å². The third-order valence-corrected chi connectivity index (χ3v) is 6.70. The second kappa shape index (κ2) is 9.41. The first-order valence-corrected chi connectivity index (χ1v) is 11.0. The Labute approximate surface area is 178 Å². The highest BCUT2D eigenvalue weighted by Crippen LogP contribution is 2.40. The molecule has 8 nitrogen and oxygen atoms in total. The van der Waals surface area contributed by atoms with Crippen molar-refractivity contribution in [1.82, 2.24) is 24.6 Å². The van der Waals surface area contributed by atoms with Crippen LogP contribution in [0.3, 0.4) is 0 Å². The summed E-state index contributed by atoms with van der Waals surface area (Å²) in [5.41, 5.74) is 0.782. The summed E-state index contributed by atoms with van der Waals surface area (Å²) in [6, 6.07) is 3.93. The van der Waals surface area contributed by atoms with Gasteiger partial charge < -0.3 is 14.5 Å². The molecule has 1 spiro atoms. The van der Waals surface area contributed by atoms with Gasteiger partial charge in [0.1, 0.15) is 0 Å². The number of hydrogen-bond donors (Lipinski definition) is 0. The van der Waals surface area contributed by atoms with Crippen LogP contribution in [-0.2, 0) is 20.9 Å². The van der Waals surface area contributed by atoms with Crippen molar-refractivity contribution in [3.05, 3.63) is 30.1 Å². The molecule has 0 aliphatic carbocycles. The zero-order valence-corrected chi connectivity index (χ0v) is 18.0. The van der Waals surface area contributed by atoms with Crippen molar-refractivity contribution in [2.45, 2.75) is 19.4 Å². The Hall–Kier alpha value is -2.03. The van der Waals surface area contributed by atoms with Crippen molar-refractivity contribution in [3.8, 4) is 0 Å². The van der Waals surface area contributed by atoms with E-state index in [-0.39, 0.29) is 17.2 Å². The fraction of sp³-hybridized carbons (Fsp3) is 0.682. The molecule has 1 aromatic heterocycles. The van der Waals surface area contributed by atoms with Crippen LogP contribution >= 0.6 is 0 Å². The highest BCUT2D eigenvalue weighted by molar-refractivity contribution is 5.87. The number of likely N-dealkylation sites (N-methyl/N-ethyl adjacent to an activating group) is 1. The molecule has 3 fully saturated rings. The Morgan fingerprint density at radius 2 is 1.87 bits per heavy atom. The molecular weight excluding hydrogens is 382 g/mol. The van der Waals surface area contributed by atoms with Crippen LogP contribution in [0.1, 0.15) is 18.4 Å². The smallest absolute Gasteiger partial charge is 0.236 e. The molecule has 164 valence electrons. The van der Waals surface area contributed by atoms with E-state index in [0.29, 0.717) is 26.2 Å². The molecule has 30 heavy (non-hydrogen) atoms. The van der Waals surface area contributed by atoms with E-state index in [1.54, 1.807) is 12.4 Å².